The molecule has 0 aliphatic carbocycles. The van der Waals surface area contributed by atoms with Crippen molar-refractivity contribution in [3.8, 4) is 0 Å². The Hall–Kier alpha value is -1.93. The summed E-state index contributed by atoms with van der Waals surface area (Å²) in [5, 5.41) is 12.3. The van der Waals surface area contributed by atoms with Gasteiger partial charge in [0.1, 0.15) is 5.76 Å². The van der Waals surface area contributed by atoms with Gasteiger partial charge in [-0.1, -0.05) is 5.10 Å². The minimum Gasteiger partial charge on any atom is -0.469 e. The van der Waals surface area contributed by atoms with Crippen molar-refractivity contribution in [2.45, 2.75) is 39.0 Å². The Morgan fingerprint density at radius 1 is 1.33 bits per heavy atom. The third-order valence-corrected chi connectivity index (χ3v) is 5.11. The van der Waals surface area contributed by atoms with Crippen LogP contribution in [0.25, 0.3) is 0 Å². The summed E-state index contributed by atoms with van der Waals surface area (Å²) in [4.78, 5) is 2.24. The van der Waals surface area contributed by atoms with E-state index in [1.807, 2.05) is 24.6 Å². The zero-order valence-corrected chi connectivity index (χ0v) is 14.1. The summed E-state index contributed by atoms with van der Waals surface area (Å²) in [7, 11) is 0. The van der Waals surface area contributed by atoms with Crippen LogP contribution in [0.3, 0.4) is 0 Å². The summed E-state index contributed by atoms with van der Waals surface area (Å²) in [6, 6.07) is 1.96. The molecule has 2 aromatic heterocycles. The molecule has 8 nitrogen and oxygen atoms in total. The highest BCUT2D eigenvalue weighted by Gasteiger charge is 2.42. The van der Waals surface area contributed by atoms with Gasteiger partial charge in [0, 0.05) is 24.6 Å². The first kappa shape index (κ1) is 15.6. The molecule has 2 aromatic rings. The fourth-order valence-corrected chi connectivity index (χ4v) is 3.62. The van der Waals surface area contributed by atoms with Crippen LogP contribution in [0.2, 0.25) is 0 Å². The van der Waals surface area contributed by atoms with Crippen molar-refractivity contribution in [3.05, 3.63) is 23.7 Å². The first-order valence-corrected chi connectivity index (χ1v) is 8.48. The molecule has 0 aromatic carbocycles. The smallest absolute Gasteiger partial charge is 0.245 e. The maximum Gasteiger partial charge on any atom is 0.245 e. The van der Waals surface area contributed by atoms with Gasteiger partial charge in [0.2, 0.25) is 5.95 Å². The van der Waals surface area contributed by atoms with Gasteiger partial charge in [-0.3, -0.25) is 0 Å². The van der Waals surface area contributed by atoms with E-state index in [-0.39, 0.29) is 0 Å². The molecule has 0 radical (unpaired) electrons. The van der Waals surface area contributed by atoms with Crippen molar-refractivity contribution in [1.29, 1.82) is 0 Å². The van der Waals surface area contributed by atoms with Crippen LogP contribution in [0.1, 0.15) is 31.1 Å². The highest BCUT2D eigenvalue weighted by atomic mass is 16.7. The monoisotopic (exact) mass is 333 g/mol. The van der Waals surface area contributed by atoms with E-state index in [0.29, 0.717) is 25.7 Å². The van der Waals surface area contributed by atoms with Crippen LogP contribution in [-0.4, -0.2) is 52.3 Å². The van der Waals surface area contributed by atoms with Crippen LogP contribution in [-0.2, 0) is 16.0 Å². The number of hydrogen-bond acceptors (Lipinski definition) is 7. The lowest BCUT2D eigenvalue weighted by molar-refractivity contribution is -0.182. The molecule has 130 valence electrons. The van der Waals surface area contributed by atoms with Crippen molar-refractivity contribution in [2.24, 2.45) is 5.92 Å². The minimum absolute atomic E-state index is 0.314. The van der Waals surface area contributed by atoms with Crippen LogP contribution in [0.4, 0.5) is 5.95 Å². The molecule has 1 atom stereocenters. The quantitative estimate of drug-likeness (QED) is 0.841. The van der Waals surface area contributed by atoms with E-state index in [1.54, 1.807) is 6.26 Å². The molecule has 2 saturated heterocycles. The molecule has 4 heterocycles. The number of tetrazole rings is 1. The molecule has 8 heteroatoms. The number of piperidine rings is 1. The van der Waals surface area contributed by atoms with E-state index >= 15 is 0 Å². The van der Waals surface area contributed by atoms with E-state index in [0.717, 1.165) is 43.2 Å². The second kappa shape index (κ2) is 6.18. The fraction of sp³-hybridized carbons (Fsp3) is 0.688. The Kier molecular flexibility index (Phi) is 4.01. The van der Waals surface area contributed by atoms with E-state index in [1.165, 1.54) is 0 Å². The Labute approximate surface area is 140 Å². The largest absolute Gasteiger partial charge is 0.469 e. The summed E-state index contributed by atoms with van der Waals surface area (Å²) in [5.41, 5.74) is 1.09. The van der Waals surface area contributed by atoms with E-state index in [9.17, 15) is 0 Å². The number of furan rings is 1. The Morgan fingerprint density at radius 2 is 2.17 bits per heavy atom. The molecule has 2 aliphatic rings. The molecule has 0 spiro atoms. The van der Waals surface area contributed by atoms with Crippen molar-refractivity contribution in [3.63, 3.8) is 0 Å². The van der Waals surface area contributed by atoms with Crippen LogP contribution >= 0.6 is 0 Å². The molecule has 1 unspecified atom stereocenters. The Morgan fingerprint density at radius 3 is 2.92 bits per heavy atom. The molecule has 2 fully saturated rings. The van der Waals surface area contributed by atoms with Crippen LogP contribution in [0.15, 0.2) is 16.7 Å². The van der Waals surface area contributed by atoms with Crippen molar-refractivity contribution < 1.29 is 13.9 Å². The zero-order valence-electron chi connectivity index (χ0n) is 14.1. The van der Waals surface area contributed by atoms with Crippen LogP contribution < -0.4 is 4.90 Å². The van der Waals surface area contributed by atoms with Crippen LogP contribution in [0, 0.1) is 12.8 Å². The predicted octanol–water partition coefficient (Wildman–Crippen LogP) is 1.60. The summed E-state index contributed by atoms with van der Waals surface area (Å²) < 4.78 is 18.9. The van der Waals surface area contributed by atoms with Gasteiger partial charge in [0.15, 0.2) is 5.79 Å². The van der Waals surface area contributed by atoms with E-state index < -0.39 is 5.79 Å². The van der Waals surface area contributed by atoms with Crippen molar-refractivity contribution in [1.82, 2.24) is 20.2 Å². The Balaban J connectivity index is 1.52. The van der Waals surface area contributed by atoms with Crippen molar-refractivity contribution in [2.75, 3.05) is 31.2 Å². The van der Waals surface area contributed by atoms with Gasteiger partial charge in [-0.25, -0.2) is 4.68 Å². The molecule has 24 heavy (non-hydrogen) atoms. The molecule has 0 bridgehead atoms. The standard InChI is InChI=1S/C16H23N5O3/c1-12-13(5-7-22-12)10-21-15(17-18-19-21)20-6-3-4-14(11-20)16(2)23-8-9-24-16/h5,7,14H,3-4,6,8-11H2,1-2H3. The SMILES string of the molecule is Cc1occc1Cn1nnnc1N1CCCC(C2(C)OCCO2)C1. The topological polar surface area (TPSA) is 78.4 Å². The van der Waals surface area contributed by atoms with Crippen LogP contribution in [0.5, 0.6) is 0 Å². The summed E-state index contributed by atoms with van der Waals surface area (Å²) >= 11 is 0. The lowest BCUT2D eigenvalue weighted by Gasteiger charge is -2.39. The Bertz CT molecular complexity index is 691. The number of anilines is 1. The number of hydrogen-bond donors (Lipinski definition) is 0. The van der Waals surface area contributed by atoms with Crippen molar-refractivity contribution >= 4 is 5.95 Å². The summed E-state index contributed by atoms with van der Waals surface area (Å²) in [6.07, 6.45) is 3.86. The van der Waals surface area contributed by atoms with Gasteiger partial charge in [-0.2, -0.15) is 0 Å². The molecule has 0 N–H and O–H groups in total. The predicted molar refractivity (Wildman–Crippen MR) is 85.6 cm³/mol. The van der Waals surface area contributed by atoms with E-state index in [2.05, 4.69) is 20.4 Å². The molecular formula is C16H23N5O3. The summed E-state index contributed by atoms with van der Waals surface area (Å²) in [6.45, 7) is 7.72. The number of aromatic nitrogens is 4. The highest BCUT2D eigenvalue weighted by Crippen LogP contribution is 2.35. The lowest BCUT2D eigenvalue weighted by atomic mass is 9.90. The maximum absolute atomic E-state index is 5.86. The number of aryl methyl sites for hydroxylation is 1. The normalized spacial score (nSPS) is 23.8. The van der Waals surface area contributed by atoms with Gasteiger partial charge < -0.3 is 18.8 Å². The molecular weight excluding hydrogens is 310 g/mol. The third kappa shape index (κ3) is 2.80. The van der Waals surface area contributed by atoms with Gasteiger partial charge in [-0.05, 0) is 43.2 Å². The second-order valence-electron chi connectivity index (χ2n) is 6.64. The number of ether oxygens (including phenoxy) is 2. The van der Waals surface area contributed by atoms with Gasteiger partial charge >= 0.3 is 0 Å². The first-order chi connectivity index (χ1) is 11.7. The average molecular weight is 333 g/mol. The molecule has 4 rings (SSSR count). The van der Waals surface area contributed by atoms with Gasteiger partial charge in [-0.15, -0.1) is 0 Å². The molecule has 0 saturated carbocycles. The zero-order chi connectivity index (χ0) is 16.6. The van der Waals surface area contributed by atoms with E-state index in [4.69, 9.17) is 13.9 Å². The lowest BCUT2D eigenvalue weighted by Crippen LogP contribution is -2.47. The molecule has 0 amide bonds. The van der Waals surface area contributed by atoms with Gasteiger partial charge in [0.05, 0.1) is 26.0 Å². The number of nitrogens with zero attached hydrogens (tertiary/aromatic N) is 5. The minimum atomic E-state index is -0.488. The molecule has 2 aliphatic heterocycles. The summed E-state index contributed by atoms with van der Waals surface area (Å²) in [5.74, 6) is 1.52. The maximum atomic E-state index is 5.86. The fourth-order valence-electron chi connectivity index (χ4n) is 3.62. The van der Waals surface area contributed by atoms with Gasteiger partial charge in [0.25, 0.3) is 0 Å². The number of rotatable bonds is 4. The highest BCUT2D eigenvalue weighted by molar-refractivity contribution is 5.31. The average Bonchev–Trinajstić information content (AvgIpc) is 3.32. The third-order valence-electron chi connectivity index (χ3n) is 5.11. The first-order valence-electron chi connectivity index (χ1n) is 8.48. The second-order valence-corrected chi connectivity index (χ2v) is 6.64.